The Bertz CT molecular complexity index is 804. The fraction of sp³-hybridized carbons (Fsp3) is 0.125. The van der Waals surface area contributed by atoms with Crippen molar-refractivity contribution in [2.45, 2.75) is 13.0 Å². The number of benzene rings is 2. The molecule has 1 aromatic heterocycles. The smallest absolute Gasteiger partial charge is 0.266 e. The summed E-state index contributed by atoms with van der Waals surface area (Å²) in [5, 5.41) is 3.95. The van der Waals surface area contributed by atoms with Gasteiger partial charge >= 0.3 is 0 Å². The third kappa shape index (κ3) is 3.37. The summed E-state index contributed by atoms with van der Waals surface area (Å²) in [6.07, 6.45) is -0.613. The Balaban J connectivity index is 1.69. The third-order valence-electron chi connectivity index (χ3n) is 3.01. The van der Waals surface area contributed by atoms with Crippen molar-refractivity contribution in [2.75, 3.05) is 5.32 Å². The van der Waals surface area contributed by atoms with Crippen LogP contribution in [0.5, 0.6) is 5.75 Å². The lowest BCUT2D eigenvalue weighted by Gasteiger charge is -2.13. The van der Waals surface area contributed by atoms with Crippen LogP contribution in [0.4, 0.5) is 5.13 Å². The Morgan fingerprint density at radius 3 is 2.82 bits per heavy atom. The number of aromatic nitrogens is 1. The van der Waals surface area contributed by atoms with Gasteiger partial charge in [-0.2, -0.15) is 0 Å². The van der Waals surface area contributed by atoms with Crippen LogP contribution in [0.1, 0.15) is 6.92 Å². The summed E-state index contributed by atoms with van der Waals surface area (Å²) in [5.41, 5.74) is 0.807. The van der Waals surface area contributed by atoms with Crippen LogP contribution in [0.2, 0.25) is 5.02 Å². The lowest BCUT2D eigenvalue weighted by Crippen LogP contribution is -2.30. The molecule has 2 aromatic carbocycles. The largest absolute Gasteiger partial charge is 0.481 e. The molecule has 22 heavy (non-hydrogen) atoms. The molecule has 0 radical (unpaired) electrons. The van der Waals surface area contributed by atoms with Gasteiger partial charge in [0.1, 0.15) is 5.75 Å². The number of carbonyl (C=O) groups excluding carboxylic acids is 1. The van der Waals surface area contributed by atoms with E-state index in [1.807, 2.05) is 42.5 Å². The molecule has 3 rings (SSSR count). The monoisotopic (exact) mass is 332 g/mol. The van der Waals surface area contributed by atoms with E-state index < -0.39 is 6.10 Å². The molecule has 112 valence electrons. The molecule has 3 aromatic rings. The van der Waals surface area contributed by atoms with E-state index in [1.165, 1.54) is 11.3 Å². The first-order chi connectivity index (χ1) is 10.6. The molecule has 1 amide bonds. The molecule has 1 atom stereocenters. The van der Waals surface area contributed by atoms with Crippen molar-refractivity contribution in [2.24, 2.45) is 0 Å². The summed E-state index contributed by atoms with van der Waals surface area (Å²) in [4.78, 5) is 16.5. The number of hydrogen-bond donors (Lipinski definition) is 1. The second kappa shape index (κ2) is 6.34. The van der Waals surface area contributed by atoms with E-state index in [0.717, 1.165) is 10.2 Å². The van der Waals surface area contributed by atoms with Crippen molar-refractivity contribution in [3.8, 4) is 5.75 Å². The molecule has 1 heterocycles. The zero-order valence-corrected chi connectivity index (χ0v) is 13.3. The minimum absolute atomic E-state index is 0.242. The molecular formula is C16H13ClN2O2S. The molecule has 0 aliphatic rings. The zero-order chi connectivity index (χ0) is 15.5. The fourth-order valence-electron chi connectivity index (χ4n) is 1.92. The Hall–Kier alpha value is -2.11. The highest BCUT2D eigenvalue weighted by Gasteiger charge is 2.16. The lowest BCUT2D eigenvalue weighted by molar-refractivity contribution is -0.122. The van der Waals surface area contributed by atoms with Crippen LogP contribution in [-0.4, -0.2) is 17.0 Å². The number of anilines is 1. The van der Waals surface area contributed by atoms with Crippen molar-refractivity contribution >= 4 is 44.2 Å². The topological polar surface area (TPSA) is 51.2 Å². The number of rotatable bonds is 4. The van der Waals surface area contributed by atoms with Gasteiger partial charge in [-0.15, -0.1) is 0 Å². The first-order valence-corrected chi connectivity index (χ1v) is 7.90. The second-order valence-corrected chi connectivity index (χ2v) is 6.16. The van der Waals surface area contributed by atoms with Gasteiger partial charge in [-0.3, -0.25) is 10.1 Å². The van der Waals surface area contributed by atoms with E-state index in [0.29, 0.717) is 15.9 Å². The number of carbonyl (C=O) groups is 1. The van der Waals surface area contributed by atoms with Crippen molar-refractivity contribution in [3.05, 3.63) is 53.6 Å². The van der Waals surface area contributed by atoms with Gasteiger partial charge in [0.25, 0.3) is 5.91 Å². The number of fused-ring (bicyclic) bond motifs is 1. The van der Waals surface area contributed by atoms with Gasteiger partial charge in [0, 0.05) is 5.02 Å². The maximum atomic E-state index is 12.2. The molecule has 0 saturated carbocycles. The highest BCUT2D eigenvalue weighted by atomic mass is 35.5. The molecule has 0 spiro atoms. The number of ether oxygens (including phenoxy) is 1. The summed E-state index contributed by atoms with van der Waals surface area (Å²) < 4.78 is 6.52. The van der Waals surface area contributed by atoms with Crippen molar-refractivity contribution in [3.63, 3.8) is 0 Å². The van der Waals surface area contributed by atoms with Gasteiger partial charge < -0.3 is 4.74 Å². The van der Waals surface area contributed by atoms with Gasteiger partial charge in [-0.05, 0) is 37.3 Å². The summed E-state index contributed by atoms with van der Waals surface area (Å²) >= 11 is 7.33. The van der Waals surface area contributed by atoms with Crippen LogP contribution in [-0.2, 0) is 4.79 Å². The van der Waals surface area contributed by atoms with Gasteiger partial charge in [-0.1, -0.05) is 41.1 Å². The zero-order valence-electron chi connectivity index (χ0n) is 11.7. The SMILES string of the molecule is CC(Oc1ccccc1)C(=O)Nc1nc2ccc(Cl)cc2s1. The second-order valence-electron chi connectivity index (χ2n) is 4.69. The summed E-state index contributed by atoms with van der Waals surface area (Å²) in [5.74, 6) is 0.412. The number of nitrogens with one attached hydrogen (secondary N) is 1. The van der Waals surface area contributed by atoms with Gasteiger partial charge in [0.2, 0.25) is 0 Å². The van der Waals surface area contributed by atoms with E-state index in [1.54, 1.807) is 13.0 Å². The molecule has 1 unspecified atom stereocenters. The van der Waals surface area contributed by atoms with Crippen molar-refractivity contribution in [1.29, 1.82) is 0 Å². The van der Waals surface area contributed by atoms with Crippen molar-refractivity contribution in [1.82, 2.24) is 4.98 Å². The van der Waals surface area contributed by atoms with E-state index in [9.17, 15) is 4.79 Å². The maximum Gasteiger partial charge on any atom is 0.266 e. The Kier molecular flexibility index (Phi) is 4.27. The summed E-state index contributed by atoms with van der Waals surface area (Å²) in [6, 6.07) is 14.7. The number of halogens is 1. The molecule has 0 bridgehead atoms. The van der Waals surface area contributed by atoms with Crippen LogP contribution >= 0.6 is 22.9 Å². The molecule has 4 nitrogen and oxygen atoms in total. The van der Waals surface area contributed by atoms with Gasteiger partial charge in [0.05, 0.1) is 10.2 Å². The predicted molar refractivity (Wildman–Crippen MR) is 89.8 cm³/mol. The summed E-state index contributed by atoms with van der Waals surface area (Å²) in [6.45, 7) is 1.70. The van der Waals surface area contributed by atoms with E-state index in [2.05, 4.69) is 10.3 Å². The standard InChI is InChI=1S/C16H13ClN2O2S/c1-10(21-12-5-3-2-4-6-12)15(20)19-16-18-13-8-7-11(17)9-14(13)22-16/h2-10H,1H3,(H,18,19,20). The molecule has 6 heteroatoms. The first-order valence-electron chi connectivity index (χ1n) is 6.70. The Labute approximate surface area is 136 Å². The Morgan fingerprint density at radius 1 is 1.27 bits per heavy atom. The average molecular weight is 333 g/mol. The van der Waals surface area contributed by atoms with Crippen LogP contribution in [0.15, 0.2) is 48.5 Å². The van der Waals surface area contributed by atoms with E-state index in [-0.39, 0.29) is 5.91 Å². The highest BCUT2D eigenvalue weighted by Crippen LogP contribution is 2.28. The number of amides is 1. The van der Waals surface area contributed by atoms with Crippen LogP contribution in [0.3, 0.4) is 0 Å². The molecule has 0 saturated heterocycles. The quantitative estimate of drug-likeness (QED) is 0.772. The minimum Gasteiger partial charge on any atom is -0.481 e. The molecular weight excluding hydrogens is 320 g/mol. The third-order valence-corrected chi connectivity index (χ3v) is 4.17. The predicted octanol–water partition coefficient (Wildman–Crippen LogP) is 4.36. The van der Waals surface area contributed by atoms with Crippen molar-refractivity contribution < 1.29 is 9.53 Å². The average Bonchev–Trinajstić information content (AvgIpc) is 2.89. The number of thiazole rings is 1. The number of para-hydroxylation sites is 1. The minimum atomic E-state index is -0.613. The van der Waals surface area contributed by atoms with Crippen LogP contribution in [0, 0.1) is 0 Å². The first kappa shape index (κ1) is 14.8. The van der Waals surface area contributed by atoms with Crippen LogP contribution < -0.4 is 10.1 Å². The maximum absolute atomic E-state index is 12.2. The normalized spacial score (nSPS) is 12.1. The fourth-order valence-corrected chi connectivity index (χ4v) is 3.06. The highest BCUT2D eigenvalue weighted by molar-refractivity contribution is 7.22. The number of hydrogen-bond acceptors (Lipinski definition) is 4. The Morgan fingerprint density at radius 2 is 2.05 bits per heavy atom. The molecule has 0 aliphatic carbocycles. The molecule has 1 N–H and O–H groups in total. The summed E-state index contributed by atoms with van der Waals surface area (Å²) in [7, 11) is 0. The van der Waals surface area contributed by atoms with E-state index >= 15 is 0 Å². The van der Waals surface area contributed by atoms with E-state index in [4.69, 9.17) is 16.3 Å². The molecule has 0 aliphatic heterocycles. The lowest BCUT2D eigenvalue weighted by atomic mass is 10.3. The van der Waals surface area contributed by atoms with Crippen LogP contribution in [0.25, 0.3) is 10.2 Å². The van der Waals surface area contributed by atoms with Gasteiger partial charge in [-0.25, -0.2) is 4.98 Å². The van der Waals surface area contributed by atoms with Gasteiger partial charge in [0.15, 0.2) is 11.2 Å². The molecule has 0 fully saturated rings. The number of nitrogens with zero attached hydrogens (tertiary/aromatic N) is 1.